The molecule has 0 aromatic heterocycles. The minimum Gasteiger partial charge on any atom is -0.478 e. The quantitative estimate of drug-likeness (QED) is 0.0116. The molecule has 0 radical (unpaired) electrons. The van der Waals surface area contributed by atoms with Crippen molar-refractivity contribution in [1.29, 1.82) is 5.26 Å². The number of aromatic carboxylic acids is 1. The van der Waals surface area contributed by atoms with Crippen LogP contribution < -0.4 is 0 Å². The number of methoxy groups -OCH3 is 2. The molecule has 42 heteroatoms. The van der Waals surface area contributed by atoms with E-state index in [9.17, 15) is 85.1 Å². The monoisotopic (exact) mass is 1920 g/mol. The van der Waals surface area contributed by atoms with Crippen molar-refractivity contribution in [2.75, 3.05) is 155 Å². The second-order valence-electron chi connectivity index (χ2n) is 24.5. The lowest BCUT2D eigenvalue weighted by Crippen LogP contribution is -2.42. The normalized spacial score (nSPS) is 10.9. The number of hydrogen-bond acceptors (Lipinski definition) is 37. The summed E-state index contributed by atoms with van der Waals surface area (Å²) in [5.74, 6) is -7.57. The van der Waals surface area contributed by atoms with Crippen LogP contribution in [0.4, 0.5) is 13.2 Å². The van der Waals surface area contributed by atoms with Gasteiger partial charge in [-0.15, -0.1) is 0 Å². The van der Waals surface area contributed by atoms with Crippen molar-refractivity contribution in [1.82, 2.24) is 4.90 Å². The highest BCUT2D eigenvalue weighted by Crippen LogP contribution is 2.21. The minimum atomic E-state index is -4.46. The average Bonchev–Trinajstić information content (AvgIpc) is 1.49. The van der Waals surface area contributed by atoms with Crippen molar-refractivity contribution >= 4 is 98.3 Å². The third-order valence-corrected chi connectivity index (χ3v) is 15.9. The second-order valence-corrected chi connectivity index (χ2v) is 27.6. The molecule has 2 fully saturated rings. The van der Waals surface area contributed by atoms with Crippen LogP contribution in [0.3, 0.4) is 0 Å². The Kier molecular flexibility index (Phi) is 107. The van der Waals surface area contributed by atoms with Crippen LogP contribution in [0.1, 0.15) is 106 Å². The van der Waals surface area contributed by atoms with Gasteiger partial charge >= 0.3 is 105 Å². The topological polar surface area (TPSA) is 502 Å². The number of nitriles is 1. The molecule has 38 nitrogen and oxygen atoms in total. The maximum Gasteiger partial charge on any atom is 0.500 e. The molecule has 0 amide bonds. The van der Waals surface area contributed by atoms with Gasteiger partial charge in [-0.2, -0.15) is 18.4 Å². The molecule has 1 aliphatic heterocycles. The summed E-state index contributed by atoms with van der Waals surface area (Å²) in [6.45, 7) is 55.7. The molecule has 2 N–H and O–H groups in total. The van der Waals surface area contributed by atoms with E-state index < -0.39 is 81.3 Å². The van der Waals surface area contributed by atoms with Crippen molar-refractivity contribution < 1.29 is 184 Å². The highest BCUT2D eigenvalue weighted by atomic mass is 28.4. The first-order chi connectivity index (χ1) is 62.8. The van der Waals surface area contributed by atoms with Gasteiger partial charge in [0.25, 0.3) is 0 Å². The number of unbranched alkanes of at least 4 members (excludes halogenated alkanes) is 1. The number of carbonyl (C=O) groups excluding carboxylic acids is 14. The Labute approximate surface area is 778 Å². The third-order valence-electron chi connectivity index (χ3n) is 13.1. The molecule has 3 rings (SSSR count). The van der Waals surface area contributed by atoms with Crippen LogP contribution in [0.25, 0.3) is 0 Å². The van der Waals surface area contributed by atoms with E-state index in [1.54, 1.807) is 35.4 Å². The Balaban J connectivity index is -0.000000156. The predicted molar refractivity (Wildman–Crippen MR) is 486 cm³/mol. The van der Waals surface area contributed by atoms with Gasteiger partial charge in [0.15, 0.2) is 6.61 Å². The number of alkyl halides is 3. The first kappa shape index (κ1) is 140. The number of aliphatic hydroxyl groups is 1. The van der Waals surface area contributed by atoms with Crippen LogP contribution in [0.2, 0.25) is 6.04 Å². The molecule has 0 spiro atoms. The van der Waals surface area contributed by atoms with Crippen molar-refractivity contribution in [2.24, 2.45) is 5.92 Å². The summed E-state index contributed by atoms with van der Waals surface area (Å²) in [6.07, 6.45) is 18.9. The van der Waals surface area contributed by atoms with Crippen LogP contribution in [0, 0.1) is 17.2 Å². The number of nitrogens with zero attached hydrogens (tertiary/aromatic N) is 2. The van der Waals surface area contributed by atoms with Crippen LogP contribution in [-0.4, -0.2) is 287 Å². The first-order valence-corrected chi connectivity index (χ1v) is 41.6. The lowest BCUT2D eigenvalue weighted by atomic mass is 9.98. The van der Waals surface area contributed by atoms with Crippen LogP contribution >= 0.6 is 0 Å². The van der Waals surface area contributed by atoms with E-state index in [0.29, 0.717) is 82.9 Å². The number of epoxide rings is 1. The Hall–Kier alpha value is -13.2. The molecular weight excluding hydrogens is 1780 g/mol. The number of rotatable bonds is 46. The number of ether oxygens (including phenoxy) is 16. The van der Waals surface area contributed by atoms with Gasteiger partial charge in [0.1, 0.15) is 65.1 Å². The number of aliphatic hydroxyl groups excluding tert-OH is 1. The van der Waals surface area contributed by atoms with Crippen LogP contribution in [0.5, 0.6) is 0 Å². The van der Waals surface area contributed by atoms with E-state index >= 15 is 0 Å². The Morgan fingerprint density at radius 3 is 1.28 bits per heavy atom. The molecule has 1 saturated carbocycles. The summed E-state index contributed by atoms with van der Waals surface area (Å²) in [6, 6.07) is 8.13. The fourth-order valence-corrected chi connectivity index (χ4v) is 8.19. The fraction of sp³-hybridized carbons (Fsp3) is 0.451. The zero-order valence-corrected chi connectivity index (χ0v) is 79.1. The molecule has 1 unspecified atom stereocenters. The maximum absolute atomic E-state index is 11.6. The number of halogens is 3. The zero-order valence-electron chi connectivity index (χ0n) is 78.1. The highest BCUT2D eigenvalue weighted by molar-refractivity contribution is 6.60. The van der Waals surface area contributed by atoms with E-state index in [1.807, 2.05) is 38.9 Å². The molecule has 1 heterocycles. The molecule has 133 heavy (non-hydrogen) atoms. The van der Waals surface area contributed by atoms with Gasteiger partial charge in [-0.25, -0.2) is 71.9 Å². The summed E-state index contributed by atoms with van der Waals surface area (Å²) in [4.78, 5) is 159. The molecule has 750 valence electrons. The highest BCUT2D eigenvalue weighted by Gasteiger charge is 2.37. The summed E-state index contributed by atoms with van der Waals surface area (Å²) in [5.41, 5.74) is 0.275. The van der Waals surface area contributed by atoms with E-state index in [4.69, 9.17) is 61.9 Å². The summed E-state index contributed by atoms with van der Waals surface area (Å²) < 4.78 is 123. The minimum absolute atomic E-state index is 0.0465. The Morgan fingerprint density at radius 1 is 0.519 bits per heavy atom. The Bertz CT molecular complexity index is 3620. The summed E-state index contributed by atoms with van der Waals surface area (Å²) >= 11 is 0. The lowest BCUT2D eigenvalue weighted by molar-refractivity contribution is -0.182. The molecule has 0 bridgehead atoms. The van der Waals surface area contributed by atoms with E-state index in [2.05, 4.69) is 142 Å². The van der Waals surface area contributed by atoms with Gasteiger partial charge in [0.05, 0.1) is 70.4 Å². The lowest BCUT2D eigenvalue weighted by Gasteiger charge is -2.23. The molecule has 1 atom stereocenters. The van der Waals surface area contributed by atoms with Crippen molar-refractivity contribution in [2.45, 2.75) is 110 Å². The van der Waals surface area contributed by atoms with Gasteiger partial charge in [0, 0.05) is 120 Å². The molecule has 2 aliphatic rings. The van der Waals surface area contributed by atoms with Gasteiger partial charge in [-0.1, -0.05) is 144 Å². The molecule has 1 aliphatic carbocycles. The number of carboxylic acids is 1. The molecular formula is C91H135F3N2O36Si. The van der Waals surface area contributed by atoms with Gasteiger partial charge in [0.2, 0.25) is 0 Å². The van der Waals surface area contributed by atoms with Gasteiger partial charge < -0.3 is 104 Å². The smallest absolute Gasteiger partial charge is 0.478 e. The van der Waals surface area contributed by atoms with Crippen LogP contribution in [-0.2, 0) is 151 Å². The number of likely N-dealkylation sites (N-methyl/N-ethyl adjacent to an activating group) is 1. The van der Waals surface area contributed by atoms with Crippen LogP contribution in [0.15, 0.2) is 201 Å². The number of carboxylic acid groups (broad SMARTS) is 1. The van der Waals surface area contributed by atoms with E-state index in [0.717, 1.165) is 86.9 Å². The first-order valence-electron chi connectivity index (χ1n) is 39.7. The standard InChI is InChI=1S/C13H12O6.C9H18O5Si.C9H14O2.C8H14O2.C7H13NO2.C7H12O2.C6H7NO2.C6H8O3.C6H10O3.C6H8O2.C5H5F3O2.C5H8O3.C4H6O2/c1-2-11(14)18-7-8-19-13(17)10-6-4-3-5-9(10)12(15)16;1-5-9(10)14-7-6-8-15(11-2,12-3)13-4;1-2-9(10)11-8-6-4-3-5-7-8;1-4-5-6-10-8(9)7(2)3;1-4-7(9)10-6-5-8(2)3;1-4-7(8)9-5-6(2)3;1-2-6(8)9-5-3-4-7;1-2-6(7)9-4-5-3-8-5;1-3-6(7)9-5-4-8-2;1-3-5-8-6(7)4-2;1-2-4(9)10-3-5(6,7)8;1-2-5(7)8-4-3-6;1-3-4(5)6-2/h2-6H,1,7-8H2,(H,15,16);5H,1,6-8H2,2-4H3;2,8H,1,3-7H2;2,4-6H2,1,3H3;4H,1,5-6H2,2-3H3;4,6H,1,5H2,2-3H3;2H,1,3,5H2;2,5H,1,3-4H2;3H,1,4-5H2,2H3;3-4H,1-2,5H2;2H,1,3H2;2,6H,1,3-4H2;3H,1H2,2H3. The number of benzene rings is 1. The zero-order chi connectivity index (χ0) is 104. The molecule has 1 aromatic rings. The number of carbonyl (C=O) groups is 15. The van der Waals surface area contributed by atoms with E-state index in [1.165, 1.54) is 68.9 Å². The van der Waals surface area contributed by atoms with Gasteiger partial charge in [-0.3, -0.25) is 0 Å². The predicted octanol–water partition coefficient (Wildman–Crippen LogP) is 11.2. The maximum atomic E-state index is 11.6. The second kappa shape index (κ2) is 101. The largest absolute Gasteiger partial charge is 0.500 e. The van der Waals surface area contributed by atoms with Crippen molar-refractivity contribution in [3.63, 3.8) is 0 Å². The third kappa shape index (κ3) is 113. The average molecular weight is 1920 g/mol. The van der Waals surface area contributed by atoms with E-state index in [-0.39, 0.29) is 99.2 Å². The summed E-state index contributed by atoms with van der Waals surface area (Å²) in [7, 11) is 8.82. The van der Waals surface area contributed by atoms with Crippen molar-refractivity contribution in [3.8, 4) is 6.07 Å². The van der Waals surface area contributed by atoms with Gasteiger partial charge in [-0.05, 0) is 77.6 Å². The Morgan fingerprint density at radius 2 is 0.910 bits per heavy atom. The van der Waals surface area contributed by atoms with Crippen molar-refractivity contribution in [3.05, 3.63) is 212 Å². The number of esters is 14. The molecule has 1 aromatic carbocycles. The number of hydrogen-bond donors (Lipinski definition) is 2. The fourth-order valence-electron chi connectivity index (χ4n) is 6.50. The SMILES string of the molecule is C=C(C)C(=O)OCCCC.C=CC(=O)OC.C=CC(=O)OC1CCCCC1.C=CC(=O)OCC(C)C.C=CC(=O)OCC(F)(F)F.C=CC(=O)OCC1CO1.C=CC(=O)OCCC#N.C=CC(=O)OCCC[Si](OC)(OC)OC.C=CC(=O)OCCN(C)C.C=CC(=O)OCCO.C=CC(=O)OCCOC.C=CC(=O)OCCOC(=O)c1ccccc1C(=O)O.C=CCOC(=O)C=C. The molecule has 1 saturated heterocycles. The summed E-state index contributed by atoms with van der Waals surface area (Å²) in [5, 5.41) is 25.0.